The molecule has 2 heterocycles. The summed E-state index contributed by atoms with van der Waals surface area (Å²) >= 11 is 1.44. The first-order chi connectivity index (χ1) is 20.1. The highest BCUT2D eigenvalue weighted by atomic mass is 32.2. The van der Waals surface area contributed by atoms with Crippen molar-refractivity contribution in [1.82, 2.24) is 30.3 Å². The van der Waals surface area contributed by atoms with Crippen molar-refractivity contribution in [1.29, 1.82) is 0 Å². The van der Waals surface area contributed by atoms with Gasteiger partial charge in [-0.2, -0.15) is 0 Å². The summed E-state index contributed by atoms with van der Waals surface area (Å²) in [6, 6.07) is 18.3. The van der Waals surface area contributed by atoms with Crippen molar-refractivity contribution in [2.24, 2.45) is 5.92 Å². The largest absolute Gasteiger partial charge is 0.390 e. The second-order valence-electron chi connectivity index (χ2n) is 12.2. The molecule has 1 amide bonds. The minimum absolute atomic E-state index is 0.0476. The molecule has 10 nitrogen and oxygen atoms in total. The van der Waals surface area contributed by atoms with Gasteiger partial charge in [-0.15, -0.1) is 5.10 Å². The lowest BCUT2D eigenvalue weighted by Crippen LogP contribution is -2.38. The average molecular weight is 588 g/mol. The summed E-state index contributed by atoms with van der Waals surface area (Å²) in [5.41, 5.74) is 3.50. The van der Waals surface area contributed by atoms with Crippen LogP contribution in [0.15, 0.2) is 64.6 Å². The fraction of sp³-hybridized carbons (Fsp3) is 0.452. The van der Waals surface area contributed by atoms with Gasteiger partial charge in [-0.05, 0) is 60.2 Å². The van der Waals surface area contributed by atoms with E-state index in [2.05, 4.69) is 78.1 Å². The number of carbonyl (C=O) groups excluding carboxylic acids is 1. The standard InChI is InChI=1S/C31H37N7O3S/c1-5-32-29(41)21-16-23(26(40)25(21)39)38-28-24(36-37-38)27(33-22-15-20(22)17-9-7-6-8-10-17)34-30(35-28)42-19-13-11-18(12-14-19)31(2,3)4/h6-14,20-23,25-26,39-40H,5,15-16H2,1-4H3,(H,32,41)(H,33,34,35). The minimum atomic E-state index is -1.21. The van der Waals surface area contributed by atoms with Crippen molar-refractivity contribution in [3.05, 3.63) is 65.7 Å². The van der Waals surface area contributed by atoms with E-state index in [0.717, 1.165) is 11.3 Å². The number of rotatable bonds is 8. The topological polar surface area (TPSA) is 138 Å². The highest BCUT2D eigenvalue weighted by Crippen LogP contribution is 2.44. The van der Waals surface area contributed by atoms with Gasteiger partial charge in [-0.1, -0.05) is 68.4 Å². The molecule has 6 unspecified atom stereocenters. The van der Waals surface area contributed by atoms with Crippen LogP contribution in [-0.4, -0.2) is 65.9 Å². The van der Waals surface area contributed by atoms with E-state index >= 15 is 0 Å². The first-order valence-electron chi connectivity index (χ1n) is 14.5. The number of nitrogens with one attached hydrogen (secondary N) is 2. The van der Waals surface area contributed by atoms with Crippen LogP contribution >= 0.6 is 11.8 Å². The van der Waals surface area contributed by atoms with Gasteiger partial charge >= 0.3 is 0 Å². The summed E-state index contributed by atoms with van der Waals surface area (Å²) in [5.74, 6) is -0.0887. The van der Waals surface area contributed by atoms with E-state index in [-0.39, 0.29) is 23.8 Å². The molecule has 0 aliphatic heterocycles. The van der Waals surface area contributed by atoms with Crippen molar-refractivity contribution < 1.29 is 15.0 Å². The second kappa shape index (κ2) is 11.3. The van der Waals surface area contributed by atoms with Gasteiger partial charge in [0.1, 0.15) is 6.10 Å². The molecule has 4 aromatic rings. The summed E-state index contributed by atoms with van der Waals surface area (Å²) in [6.45, 7) is 8.82. The summed E-state index contributed by atoms with van der Waals surface area (Å²) in [4.78, 5) is 23.3. The van der Waals surface area contributed by atoms with Crippen molar-refractivity contribution in [3.8, 4) is 0 Å². The molecular weight excluding hydrogens is 550 g/mol. The zero-order chi connectivity index (χ0) is 29.6. The van der Waals surface area contributed by atoms with Crippen LogP contribution in [0.2, 0.25) is 0 Å². The number of hydrogen-bond acceptors (Lipinski definition) is 9. The van der Waals surface area contributed by atoms with Crippen LogP contribution in [-0.2, 0) is 10.2 Å². The number of fused-ring (bicyclic) bond motifs is 1. The van der Waals surface area contributed by atoms with Crippen molar-refractivity contribution >= 4 is 34.7 Å². The van der Waals surface area contributed by atoms with Gasteiger partial charge in [0.05, 0.1) is 18.1 Å². The molecule has 0 bridgehead atoms. The molecule has 2 aromatic heterocycles. The maximum atomic E-state index is 12.6. The second-order valence-corrected chi connectivity index (χ2v) is 13.3. The molecule has 6 rings (SSSR count). The van der Waals surface area contributed by atoms with Gasteiger partial charge < -0.3 is 20.8 Å². The molecule has 6 atom stereocenters. The average Bonchev–Trinajstić information content (AvgIpc) is 3.51. The van der Waals surface area contributed by atoms with E-state index in [1.54, 1.807) is 4.68 Å². The lowest BCUT2D eigenvalue weighted by atomic mass is 9.87. The van der Waals surface area contributed by atoms with Crippen LogP contribution in [0.25, 0.3) is 11.2 Å². The molecular formula is C31H37N7O3S. The van der Waals surface area contributed by atoms with E-state index in [4.69, 9.17) is 9.97 Å². The number of amides is 1. The molecule has 0 spiro atoms. The van der Waals surface area contributed by atoms with Gasteiger partial charge in [0, 0.05) is 23.4 Å². The van der Waals surface area contributed by atoms with E-state index in [9.17, 15) is 15.0 Å². The molecule has 2 aromatic carbocycles. The Labute approximate surface area is 249 Å². The summed E-state index contributed by atoms with van der Waals surface area (Å²) in [6.07, 6.45) is -1.22. The van der Waals surface area contributed by atoms with Crippen LogP contribution in [0.5, 0.6) is 0 Å². The van der Waals surface area contributed by atoms with Gasteiger partial charge in [0.15, 0.2) is 22.1 Å². The predicted octanol–water partition coefficient (Wildman–Crippen LogP) is 4.06. The van der Waals surface area contributed by atoms with E-state index in [1.807, 2.05) is 25.1 Å². The molecule has 2 aliphatic carbocycles. The molecule has 2 saturated carbocycles. The number of benzene rings is 2. The number of anilines is 1. The maximum absolute atomic E-state index is 12.6. The Morgan fingerprint density at radius 2 is 1.76 bits per heavy atom. The zero-order valence-corrected chi connectivity index (χ0v) is 25.0. The number of aliphatic hydroxyl groups is 2. The summed E-state index contributed by atoms with van der Waals surface area (Å²) < 4.78 is 1.55. The highest BCUT2D eigenvalue weighted by molar-refractivity contribution is 7.99. The Hall–Kier alpha value is -3.54. The number of carbonyl (C=O) groups is 1. The van der Waals surface area contributed by atoms with E-state index < -0.39 is 24.2 Å². The third-order valence-electron chi connectivity index (χ3n) is 8.23. The van der Waals surface area contributed by atoms with Gasteiger partial charge in [0.25, 0.3) is 0 Å². The number of aliphatic hydroxyl groups excluding tert-OH is 2. The van der Waals surface area contributed by atoms with Crippen molar-refractivity contribution in [3.63, 3.8) is 0 Å². The molecule has 0 saturated heterocycles. The SMILES string of the molecule is CCNC(=O)C1CC(n2nnc3c(NC4CC4c4ccccc4)nc(Sc4ccc(C(C)(C)C)cc4)nc32)C(O)C1O. The number of nitrogens with zero attached hydrogens (tertiary/aromatic N) is 5. The first-order valence-corrected chi connectivity index (χ1v) is 15.3. The van der Waals surface area contributed by atoms with E-state index in [0.29, 0.717) is 34.6 Å². The maximum Gasteiger partial charge on any atom is 0.225 e. The Morgan fingerprint density at radius 3 is 2.45 bits per heavy atom. The lowest BCUT2D eigenvalue weighted by molar-refractivity contribution is -0.128. The van der Waals surface area contributed by atoms with Crippen LogP contribution in [0.1, 0.15) is 63.6 Å². The van der Waals surface area contributed by atoms with Gasteiger partial charge in [0.2, 0.25) is 5.91 Å². The quantitative estimate of drug-likeness (QED) is 0.225. The lowest BCUT2D eigenvalue weighted by Gasteiger charge is -2.19. The Kier molecular flexibility index (Phi) is 7.67. The summed E-state index contributed by atoms with van der Waals surface area (Å²) in [7, 11) is 0. The predicted molar refractivity (Wildman–Crippen MR) is 161 cm³/mol. The van der Waals surface area contributed by atoms with Crippen LogP contribution in [0, 0.1) is 5.92 Å². The zero-order valence-electron chi connectivity index (χ0n) is 24.2. The highest BCUT2D eigenvalue weighted by Gasteiger charge is 2.47. The monoisotopic (exact) mass is 587 g/mol. The van der Waals surface area contributed by atoms with Gasteiger partial charge in [-0.25, -0.2) is 14.6 Å². The molecule has 11 heteroatoms. The molecule has 2 aliphatic rings. The number of hydrogen-bond donors (Lipinski definition) is 4. The third kappa shape index (κ3) is 5.60. The normalized spacial score (nSPS) is 25.5. The van der Waals surface area contributed by atoms with Crippen molar-refractivity contribution in [2.45, 2.75) is 86.2 Å². The van der Waals surface area contributed by atoms with E-state index in [1.165, 1.54) is 22.9 Å². The Balaban J connectivity index is 1.34. The molecule has 42 heavy (non-hydrogen) atoms. The Morgan fingerprint density at radius 1 is 1.02 bits per heavy atom. The number of aromatic nitrogens is 5. The molecule has 4 N–H and O–H groups in total. The van der Waals surface area contributed by atoms with Gasteiger partial charge in [-0.3, -0.25) is 4.79 Å². The third-order valence-corrected chi connectivity index (χ3v) is 9.10. The fourth-order valence-electron chi connectivity index (χ4n) is 5.72. The fourth-order valence-corrected chi connectivity index (χ4v) is 6.48. The minimum Gasteiger partial charge on any atom is -0.390 e. The van der Waals surface area contributed by atoms with Crippen LogP contribution < -0.4 is 10.6 Å². The molecule has 0 radical (unpaired) electrons. The molecule has 220 valence electrons. The first kappa shape index (κ1) is 28.6. The van der Waals surface area contributed by atoms with Crippen LogP contribution in [0.4, 0.5) is 5.82 Å². The van der Waals surface area contributed by atoms with Crippen LogP contribution in [0.3, 0.4) is 0 Å². The summed E-state index contributed by atoms with van der Waals surface area (Å²) in [5, 5.41) is 37.3. The Bertz CT molecular complexity index is 1570. The molecule has 2 fully saturated rings. The smallest absolute Gasteiger partial charge is 0.225 e. The van der Waals surface area contributed by atoms with Crippen molar-refractivity contribution in [2.75, 3.05) is 11.9 Å².